The first-order chi connectivity index (χ1) is 20.2. The first-order valence-electron chi connectivity index (χ1n) is 17.4. The number of unbranched alkanes of at least 4 members (excludes halogenated alkanes) is 18. The van der Waals surface area contributed by atoms with Crippen molar-refractivity contribution in [3.8, 4) is 11.5 Å². The van der Waals surface area contributed by atoms with E-state index in [-0.39, 0.29) is 0 Å². The molecular formula is C39H62O2. The highest BCUT2D eigenvalue weighted by Crippen LogP contribution is 2.21. The molecule has 0 heterocycles. The van der Waals surface area contributed by atoms with Gasteiger partial charge in [-0.05, 0) is 60.7 Å². The van der Waals surface area contributed by atoms with E-state index in [1.807, 2.05) is 0 Å². The number of rotatable bonds is 26. The maximum absolute atomic E-state index is 6.03. The van der Waals surface area contributed by atoms with Gasteiger partial charge < -0.3 is 9.47 Å². The average Bonchev–Trinajstić information content (AvgIpc) is 2.99. The summed E-state index contributed by atoms with van der Waals surface area (Å²) in [5.74, 6) is 1.96. The summed E-state index contributed by atoms with van der Waals surface area (Å²) in [4.78, 5) is 0. The topological polar surface area (TPSA) is 18.5 Å². The highest BCUT2D eigenvalue weighted by Gasteiger charge is 2.01. The highest BCUT2D eigenvalue weighted by molar-refractivity contribution is 5.71. The van der Waals surface area contributed by atoms with Crippen molar-refractivity contribution in [3.05, 3.63) is 59.2 Å². The lowest BCUT2D eigenvalue weighted by Crippen LogP contribution is -1.98. The zero-order chi connectivity index (χ0) is 29.2. The van der Waals surface area contributed by atoms with Crippen LogP contribution in [0, 0.1) is 6.92 Å². The fourth-order valence-electron chi connectivity index (χ4n) is 5.35. The fraction of sp³-hybridized carbons (Fsp3) is 0.641. The molecule has 0 amide bonds. The van der Waals surface area contributed by atoms with E-state index in [9.17, 15) is 0 Å². The molecule has 0 aliphatic heterocycles. The fourth-order valence-corrected chi connectivity index (χ4v) is 5.35. The lowest BCUT2D eigenvalue weighted by atomic mass is 10.1. The second kappa shape index (κ2) is 24.4. The summed E-state index contributed by atoms with van der Waals surface area (Å²) in [5.41, 5.74) is 3.67. The van der Waals surface area contributed by atoms with Gasteiger partial charge in [-0.1, -0.05) is 160 Å². The maximum atomic E-state index is 6.03. The maximum Gasteiger partial charge on any atom is 0.119 e. The molecule has 0 aromatic heterocycles. The molecule has 0 saturated carbocycles. The zero-order valence-electron chi connectivity index (χ0n) is 27.1. The van der Waals surface area contributed by atoms with E-state index in [4.69, 9.17) is 9.47 Å². The number of aryl methyl sites for hydroxylation is 1. The number of hydrogen-bond acceptors (Lipinski definition) is 2. The van der Waals surface area contributed by atoms with Gasteiger partial charge in [-0.15, -0.1) is 0 Å². The van der Waals surface area contributed by atoms with Crippen LogP contribution in [0.2, 0.25) is 0 Å². The number of hydrogen-bond donors (Lipinski definition) is 0. The van der Waals surface area contributed by atoms with E-state index in [1.165, 1.54) is 132 Å². The number of benzene rings is 2. The summed E-state index contributed by atoms with van der Waals surface area (Å²) in [6.07, 6.45) is 31.4. The third-order valence-corrected chi connectivity index (χ3v) is 8.11. The van der Waals surface area contributed by atoms with Gasteiger partial charge >= 0.3 is 0 Å². The molecule has 230 valence electrons. The molecule has 0 saturated heterocycles. The lowest BCUT2D eigenvalue weighted by Gasteiger charge is -2.09. The van der Waals surface area contributed by atoms with Crippen LogP contribution < -0.4 is 9.47 Å². The van der Waals surface area contributed by atoms with Crippen molar-refractivity contribution in [2.75, 3.05) is 13.2 Å². The van der Waals surface area contributed by atoms with Crippen molar-refractivity contribution in [2.24, 2.45) is 0 Å². The van der Waals surface area contributed by atoms with E-state index in [1.54, 1.807) is 0 Å². The zero-order valence-corrected chi connectivity index (χ0v) is 27.1. The molecule has 2 nitrogen and oxygen atoms in total. The molecule has 2 heteroatoms. The largest absolute Gasteiger partial charge is 0.494 e. The van der Waals surface area contributed by atoms with Gasteiger partial charge in [-0.25, -0.2) is 0 Å². The third-order valence-electron chi connectivity index (χ3n) is 8.11. The Morgan fingerprint density at radius 1 is 0.463 bits per heavy atom. The molecule has 0 unspecified atom stereocenters. The van der Waals surface area contributed by atoms with Crippen LogP contribution in [-0.2, 0) is 0 Å². The van der Waals surface area contributed by atoms with Crippen LogP contribution in [0.5, 0.6) is 11.5 Å². The summed E-state index contributed by atoms with van der Waals surface area (Å²) in [6, 6.07) is 14.9. The van der Waals surface area contributed by atoms with Crippen LogP contribution in [0.25, 0.3) is 12.2 Å². The Kier molecular flexibility index (Phi) is 20.8. The summed E-state index contributed by atoms with van der Waals surface area (Å²) in [5, 5.41) is 0. The van der Waals surface area contributed by atoms with Crippen molar-refractivity contribution in [1.29, 1.82) is 0 Å². The SMILES string of the molecule is CCCCCCCCCCCCOc1ccc(C=Cc2ccc(OCCCCCCCCCCCC)cc2C)cc1. The molecule has 2 aromatic carbocycles. The van der Waals surface area contributed by atoms with Crippen molar-refractivity contribution >= 4 is 12.2 Å². The molecule has 0 bridgehead atoms. The molecule has 2 rings (SSSR count). The second-order valence-corrected chi connectivity index (χ2v) is 12.0. The summed E-state index contributed by atoms with van der Waals surface area (Å²) >= 11 is 0. The Morgan fingerprint density at radius 2 is 0.878 bits per heavy atom. The van der Waals surface area contributed by atoms with E-state index in [0.29, 0.717) is 0 Å². The molecule has 41 heavy (non-hydrogen) atoms. The minimum absolute atomic E-state index is 0.818. The molecule has 0 N–H and O–H groups in total. The minimum atomic E-state index is 0.818. The van der Waals surface area contributed by atoms with E-state index in [0.717, 1.165) is 37.6 Å². The summed E-state index contributed by atoms with van der Waals surface area (Å²) in [6.45, 7) is 8.37. The van der Waals surface area contributed by atoms with Gasteiger partial charge in [0.1, 0.15) is 11.5 Å². The smallest absolute Gasteiger partial charge is 0.119 e. The molecular weight excluding hydrogens is 500 g/mol. The Hall–Kier alpha value is -2.22. The third kappa shape index (κ3) is 18.0. The van der Waals surface area contributed by atoms with Gasteiger partial charge in [0.05, 0.1) is 13.2 Å². The van der Waals surface area contributed by atoms with E-state index < -0.39 is 0 Å². The van der Waals surface area contributed by atoms with E-state index >= 15 is 0 Å². The molecule has 0 fully saturated rings. The minimum Gasteiger partial charge on any atom is -0.494 e. The predicted octanol–water partition coefficient (Wildman–Crippen LogP) is 12.8. The number of ether oxygens (including phenoxy) is 2. The predicted molar refractivity (Wildman–Crippen MR) is 181 cm³/mol. The lowest BCUT2D eigenvalue weighted by molar-refractivity contribution is 0.304. The summed E-state index contributed by atoms with van der Waals surface area (Å²) < 4.78 is 12.0. The van der Waals surface area contributed by atoms with Crippen molar-refractivity contribution in [2.45, 2.75) is 149 Å². The van der Waals surface area contributed by atoms with Crippen LogP contribution in [0.1, 0.15) is 159 Å². The second-order valence-electron chi connectivity index (χ2n) is 12.0. The van der Waals surface area contributed by atoms with Crippen LogP contribution in [0.15, 0.2) is 42.5 Å². The van der Waals surface area contributed by atoms with Crippen LogP contribution in [-0.4, -0.2) is 13.2 Å². The molecule has 0 aliphatic rings. The van der Waals surface area contributed by atoms with Crippen molar-refractivity contribution < 1.29 is 9.47 Å². The van der Waals surface area contributed by atoms with Crippen molar-refractivity contribution in [1.82, 2.24) is 0 Å². The Morgan fingerprint density at radius 3 is 1.34 bits per heavy atom. The molecule has 0 aliphatic carbocycles. The van der Waals surface area contributed by atoms with Gasteiger partial charge in [0, 0.05) is 0 Å². The van der Waals surface area contributed by atoms with Gasteiger partial charge in [-0.2, -0.15) is 0 Å². The van der Waals surface area contributed by atoms with Crippen LogP contribution >= 0.6 is 0 Å². The first kappa shape index (κ1) is 35.0. The van der Waals surface area contributed by atoms with Crippen LogP contribution in [0.3, 0.4) is 0 Å². The highest BCUT2D eigenvalue weighted by atomic mass is 16.5. The van der Waals surface area contributed by atoms with Gasteiger partial charge in [0.25, 0.3) is 0 Å². The molecule has 0 radical (unpaired) electrons. The Balaban J connectivity index is 1.55. The monoisotopic (exact) mass is 562 g/mol. The van der Waals surface area contributed by atoms with Gasteiger partial charge in [0.2, 0.25) is 0 Å². The van der Waals surface area contributed by atoms with E-state index in [2.05, 4.69) is 75.4 Å². The standard InChI is InChI=1S/C39H62O2/c1-4-6-8-10-12-14-16-18-20-22-32-40-38-29-25-36(26-30-38)24-27-37-28-31-39(34-35(37)3)41-33-23-21-19-17-15-13-11-9-7-5-2/h24-31,34H,4-23,32-33H2,1-3H3. The molecule has 2 aromatic rings. The molecule has 0 atom stereocenters. The Bertz CT molecular complexity index is 898. The van der Waals surface area contributed by atoms with Crippen LogP contribution in [0.4, 0.5) is 0 Å². The Labute approximate surface area is 254 Å². The van der Waals surface area contributed by atoms with Crippen molar-refractivity contribution in [3.63, 3.8) is 0 Å². The normalized spacial score (nSPS) is 11.4. The summed E-state index contributed by atoms with van der Waals surface area (Å²) in [7, 11) is 0. The molecule has 0 spiro atoms. The van der Waals surface area contributed by atoms with Gasteiger partial charge in [0.15, 0.2) is 0 Å². The average molecular weight is 563 g/mol. The quantitative estimate of drug-likeness (QED) is 0.0838. The first-order valence-corrected chi connectivity index (χ1v) is 17.4. The van der Waals surface area contributed by atoms with Gasteiger partial charge in [-0.3, -0.25) is 0 Å².